The van der Waals surface area contributed by atoms with Crippen LogP contribution in [0.15, 0.2) is 28.8 Å². The number of rotatable bonds is 7. The highest BCUT2D eigenvalue weighted by Crippen LogP contribution is 2.24. The lowest BCUT2D eigenvalue weighted by Gasteiger charge is -2.40. The zero-order valence-electron chi connectivity index (χ0n) is 19.0. The molecule has 2 aromatic rings. The van der Waals surface area contributed by atoms with Crippen molar-refractivity contribution in [1.29, 1.82) is 0 Å². The van der Waals surface area contributed by atoms with Crippen molar-refractivity contribution in [3.8, 4) is 5.75 Å². The van der Waals surface area contributed by atoms with Crippen molar-refractivity contribution in [1.82, 2.24) is 10.1 Å². The molecule has 1 aliphatic heterocycles. The lowest BCUT2D eigenvalue weighted by atomic mass is 9.97. The minimum Gasteiger partial charge on any atom is -0.489 e. The molecule has 1 saturated heterocycles. The van der Waals surface area contributed by atoms with Gasteiger partial charge in [-0.15, -0.1) is 0 Å². The molecular formula is C24H32N2O5. The van der Waals surface area contributed by atoms with Crippen LogP contribution >= 0.6 is 0 Å². The first kappa shape index (κ1) is 22.8. The molecule has 0 unspecified atom stereocenters. The molecule has 7 nitrogen and oxygen atoms in total. The third kappa shape index (κ3) is 5.66. The first-order valence-electron chi connectivity index (χ1n) is 10.9. The summed E-state index contributed by atoms with van der Waals surface area (Å²) in [5, 5.41) is 3.92. The third-order valence-electron chi connectivity index (χ3n) is 5.94. The van der Waals surface area contributed by atoms with E-state index in [2.05, 4.69) is 19.0 Å². The van der Waals surface area contributed by atoms with Crippen molar-refractivity contribution in [2.45, 2.75) is 85.1 Å². The van der Waals surface area contributed by atoms with Gasteiger partial charge in [0.2, 0.25) is 0 Å². The van der Waals surface area contributed by atoms with E-state index in [9.17, 15) is 9.59 Å². The summed E-state index contributed by atoms with van der Waals surface area (Å²) in [5.74, 6) is 0.904. The van der Waals surface area contributed by atoms with Crippen molar-refractivity contribution in [2.24, 2.45) is 0 Å². The number of aromatic nitrogens is 1. The Morgan fingerprint density at radius 1 is 1.16 bits per heavy atom. The zero-order valence-corrected chi connectivity index (χ0v) is 19.0. The standard InChI is InChI=1S/C24H32N2O5/c1-15-7-6-8-16(2)26(15)24(28)19(5)30-23(27)13-20-9-11-21(12-10-20)29-14-22-17(3)25-31-18(22)4/h9-12,15-16,19H,6-8,13-14H2,1-5H3/t15-,16+,19-/m0/s1. The summed E-state index contributed by atoms with van der Waals surface area (Å²) in [6.07, 6.45) is 2.42. The number of amides is 1. The van der Waals surface area contributed by atoms with Crippen LogP contribution in [0.2, 0.25) is 0 Å². The number of likely N-dealkylation sites (tertiary alicyclic amines) is 1. The van der Waals surface area contributed by atoms with E-state index in [0.29, 0.717) is 12.4 Å². The van der Waals surface area contributed by atoms with Gasteiger partial charge in [-0.3, -0.25) is 9.59 Å². The monoisotopic (exact) mass is 428 g/mol. The van der Waals surface area contributed by atoms with E-state index in [4.69, 9.17) is 14.0 Å². The van der Waals surface area contributed by atoms with Gasteiger partial charge in [0.15, 0.2) is 6.10 Å². The number of carbonyl (C=O) groups is 2. The average Bonchev–Trinajstić information content (AvgIpc) is 3.04. The molecule has 0 N–H and O–H groups in total. The van der Waals surface area contributed by atoms with Crippen molar-refractivity contribution < 1.29 is 23.6 Å². The van der Waals surface area contributed by atoms with Gasteiger partial charge in [0.1, 0.15) is 18.1 Å². The van der Waals surface area contributed by atoms with Crippen molar-refractivity contribution >= 4 is 11.9 Å². The number of hydrogen-bond acceptors (Lipinski definition) is 6. The maximum absolute atomic E-state index is 12.8. The van der Waals surface area contributed by atoms with E-state index >= 15 is 0 Å². The quantitative estimate of drug-likeness (QED) is 0.617. The van der Waals surface area contributed by atoms with Crippen LogP contribution in [0.4, 0.5) is 0 Å². The van der Waals surface area contributed by atoms with Gasteiger partial charge in [0.25, 0.3) is 5.91 Å². The Balaban J connectivity index is 1.50. The minimum absolute atomic E-state index is 0.104. The van der Waals surface area contributed by atoms with Gasteiger partial charge in [-0.2, -0.15) is 0 Å². The number of benzene rings is 1. The number of aryl methyl sites for hydroxylation is 2. The molecule has 7 heteroatoms. The fourth-order valence-electron chi connectivity index (χ4n) is 4.09. The number of esters is 1. The molecule has 0 spiro atoms. The molecule has 0 saturated carbocycles. The highest BCUT2D eigenvalue weighted by atomic mass is 16.5. The molecule has 31 heavy (non-hydrogen) atoms. The van der Waals surface area contributed by atoms with E-state index in [0.717, 1.165) is 41.8 Å². The first-order valence-corrected chi connectivity index (χ1v) is 10.9. The summed E-state index contributed by atoms with van der Waals surface area (Å²) in [5.41, 5.74) is 2.55. The van der Waals surface area contributed by atoms with E-state index in [1.807, 2.05) is 43.0 Å². The van der Waals surface area contributed by atoms with Crippen LogP contribution in [0.25, 0.3) is 0 Å². The summed E-state index contributed by atoms with van der Waals surface area (Å²) in [7, 11) is 0. The van der Waals surface area contributed by atoms with Gasteiger partial charge < -0.3 is 18.9 Å². The van der Waals surface area contributed by atoms with Crippen LogP contribution in [0.3, 0.4) is 0 Å². The Kier molecular flexibility index (Phi) is 7.36. The molecule has 0 bridgehead atoms. The molecule has 1 aliphatic rings. The molecule has 3 rings (SSSR count). The Morgan fingerprint density at radius 2 is 1.81 bits per heavy atom. The normalized spacial score (nSPS) is 19.7. The Labute approximate surface area is 183 Å². The molecule has 1 aromatic heterocycles. The number of carbonyl (C=O) groups excluding carboxylic acids is 2. The number of ether oxygens (including phenoxy) is 2. The van der Waals surface area contributed by atoms with Gasteiger partial charge in [-0.1, -0.05) is 17.3 Å². The predicted octanol–water partition coefficient (Wildman–Crippen LogP) is 4.13. The summed E-state index contributed by atoms with van der Waals surface area (Å²) < 4.78 is 16.4. The minimum atomic E-state index is -0.784. The highest BCUT2D eigenvalue weighted by Gasteiger charge is 2.33. The van der Waals surface area contributed by atoms with Crippen LogP contribution in [0, 0.1) is 13.8 Å². The van der Waals surface area contributed by atoms with E-state index < -0.39 is 12.1 Å². The van der Waals surface area contributed by atoms with E-state index in [1.165, 1.54) is 0 Å². The fraction of sp³-hybridized carbons (Fsp3) is 0.542. The van der Waals surface area contributed by atoms with Gasteiger partial charge in [0, 0.05) is 12.1 Å². The molecule has 1 amide bonds. The highest BCUT2D eigenvalue weighted by molar-refractivity contribution is 5.84. The second kappa shape index (κ2) is 9.98. The predicted molar refractivity (Wildman–Crippen MR) is 116 cm³/mol. The maximum atomic E-state index is 12.8. The Hall–Kier alpha value is -2.83. The molecule has 0 aliphatic carbocycles. The summed E-state index contributed by atoms with van der Waals surface area (Å²) in [6, 6.07) is 7.63. The topological polar surface area (TPSA) is 81.9 Å². The molecular weight excluding hydrogens is 396 g/mol. The van der Waals surface area contributed by atoms with Crippen molar-refractivity contribution in [3.63, 3.8) is 0 Å². The molecule has 2 heterocycles. The Morgan fingerprint density at radius 3 is 2.39 bits per heavy atom. The number of piperidine rings is 1. The lowest BCUT2D eigenvalue weighted by molar-refractivity contribution is -0.161. The van der Waals surface area contributed by atoms with Gasteiger partial charge in [-0.25, -0.2) is 0 Å². The van der Waals surface area contributed by atoms with Gasteiger partial charge in [-0.05, 0) is 71.6 Å². The lowest BCUT2D eigenvalue weighted by Crippen LogP contribution is -2.51. The van der Waals surface area contributed by atoms with Crippen molar-refractivity contribution in [2.75, 3.05) is 0 Å². The molecule has 168 valence electrons. The van der Waals surface area contributed by atoms with Crippen LogP contribution in [-0.2, 0) is 27.4 Å². The Bertz CT molecular complexity index is 876. The SMILES string of the molecule is Cc1noc(C)c1COc1ccc(CC(=O)O[C@@H](C)C(=O)N2[C@H](C)CCC[C@@H]2C)cc1. The van der Waals surface area contributed by atoms with Gasteiger partial charge >= 0.3 is 5.97 Å². The van der Waals surface area contributed by atoms with E-state index in [-0.39, 0.29) is 24.4 Å². The number of nitrogens with zero attached hydrogens (tertiary/aromatic N) is 2. The van der Waals surface area contributed by atoms with Crippen molar-refractivity contribution in [3.05, 3.63) is 46.8 Å². The molecule has 1 aromatic carbocycles. The fourth-order valence-corrected chi connectivity index (χ4v) is 4.09. The van der Waals surface area contributed by atoms with Crippen LogP contribution in [-0.4, -0.2) is 40.1 Å². The second-order valence-electron chi connectivity index (χ2n) is 8.42. The van der Waals surface area contributed by atoms with Gasteiger partial charge in [0.05, 0.1) is 17.7 Å². The molecule has 0 radical (unpaired) electrons. The van der Waals surface area contributed by atoms with E-state index in [1.54, 1.807) is 6.92 Å². The van der Waals surface area contributed by atoms with Crippen LogP contribution in [0.1, 0.15) is 62.6 Å². The van der Waals surface area contributed by atoms with Crippen LogP contribution in [0.5, 0.6) is 5.75 Å². The molecule has 3 atom stereocenters. The summed E-state index contributed by atoms with van der Waals surface area (Å²) >= 11 is 0. The zero-order chi connectivity index (χ0) is 22.5. The third-order valence-corrected chi connectivity index (χ3v) is 5.94. The summed E-state index contributed by atoms with van der Waals surface area (Å²) in [6.45, 7) is 9.86. The van der Waals surface area contributed by atoms with Crippen LogP contribution < -0.4 is 4.74 Å². The summed E-state index contributed by atoms with van der Waals surface area (Å²) in [4.78, 5) is 27.0. The number of hydrogen-bond donors (Lipinski definition) is 0. The molecule has 1 fully saturated rings. The average molecular weight is 429 g/mol. The largest absolute Gasteiger partial charge is 0.489 e. The smallest absolute Gasteiger partial charge is 0.311 e. The maximum Gasteiger partial charge on any atom is 0.311 e. The first-order chi connectivity index (χ1) is 14.8. The second-order valence-corrected chi connectivity index (χ2v) is 8.42.